The molecule has 0 bridgehead atoms. The number of carbonyl (C=O) groups is 4. The molecule has 5 unspecified atom stereocenters. The summed E-state index contributed by atoms with van der Waals surface area (Å²) >= 11 is 0. The van der Waals surface area contributed by atoms with Crippen molar-refractivity contribution in [2.45, 2.75) is 62.9 Å². The molecule has 12 heteroatoms. The second-order valence-electron chi connectivity index (χ2n) is 7.95. The number of aliphatic carboxylic acids is 1. The summed E-state index contributed by atoms with van der Waals surface area (Å²) in [5.41, 5.74) is 12.2. The molecule has 5 atom stereocenters. The number of rotatable bonds is 15. The molecule has 10 N–H and O–H groups in total. The van der Waals surface area contributed by atoms with Crippen molar-refractivity contribution in [3.05, 3.63) is 35.9 Å². The normalized spacial score (nSPS) is 15.3. The smallest absolute Gasteiger partial charge is 0.328 e. The topological polar surface area (TPSA) is 217 Å². The van der Waals surface area contributed by atoms with Gasteiger partial charge in [0.1, 0.15) is 12.1 Å². The first-order valence-electron chi connectivity index (χ1n) is 11.0. The van der Waals surface area contributed by atoms with Crippen molar-refractivity contribution in [1.29, 1.82) is 0 Å². The van der Waals surface area contributed by atoms with E-state index < -0.39 is 60.6 Å². The molecule has 0 spiro atoms. The van der Waals surface area contributed by atoms with Crippen LogP contribution in [0.25, 0.3) is 0 Å². The number of unbranched alkanes of at least 4 members (excludes halogenated alkanes) is 1. The van der Waals surface area contributed by atoms with Gasteiger partial charge in [-0.05, 0) is 44.7 Å². The molecule has 0 radical (unpaired) electrons. The molecule has 0 saturated carbocycles. The largest absolute Gasteiger partial charge is 0.480 e. The number of nitrogens with one attached hydrogen (secondary N) is 3. The van der Waals surface area contributed by atoms with Crippen LogP contribution < -0.4 is 27.4 Å². The van der Waals surface area contributed by atoms with Crippen LogP contribution in [0.2, 0.25) is 0 Å². The standard InChI is InChI=1S/C22H35N5O7/c1-13(29)18(22(33)34)27-20(31)16(9-5-6-10-23)25-21(32)17(12-28)26-19(30)15(24)11-14-7-3-2-4-8-14/h2-4,7-8,13,15-18,28-29H,5-6,9-12,23-24H2,1H3,(H,25,32)(H,26,30)(H,27,31)(H,33,34). The fourth-order valence-corrected chi connectivity index (χ4v) is 3.11. The zero-order valence-electron chi connectivity index (χ0n) is 19.1. The van der Waals surface area contributed by atoms with E-state index in [4.69, 9.17) is 11.5 Å². The van der Waals surface area contributed by atoms with Crippen LogP contribution in [-0.4, -0.2) is 82.4 Å². The minimum absolute atomic E-state index is 0.126. The summed E-state index contributed by atoms with van der Waals surface area (Å²) in [5, 5.41) is 35.4. The van der Waals surface area contributed by atoms with Crippen LogP contribution in [0.5, 0.6) is 0 Å². The van der Waals surface area contributed by atoms with Crippen molar-refractivity contribution < 1.29 is 34.5 Å². The van der Waals surface area contributed by atoms with Crippen molar-refractivity contribution in [1.82, 2.24) is 16.0 Å². The maximum Gasteiger partial charge on any atom is 0.328 e. The van der Waals surface area contributed by atoms with Gasteiger partial charge in [0.2, 0.25) is 17.7 Å². The van der Waals surface area contributed by atoms with Crippen LogP contribution in [-0.2, 0) is 25.6 Å². The van der Waals surface area contributed by atoms with Gasteiger partial charge in [0, 0.05) is 0 Å². The van der Waals surface area contributed by atoms with Crippen molar-refractivity contribution in [3.63, 3.8) is 0 Å². The number of benzene rings is 1. The van der Waals surface area contributed by atoms with E-state index in [0.717, 1.165) is 5.56 Å². The summed E-state index contributed by atoms with van der Waals surface area (Å²) in [7, 11) is 0. The highest BCUT2D eigenvalue weighted by Crippen LogP contribution is 2.05. The average molecular weight is 482 g/mol. The lowest BCUT2D eigenvalue weighted by molar-refractivity contribution is -0.145. The van der Waals surface area contributed by atoms with E-state index in [2.05, 4.69) is 16.0 Å². The highest BCUT2D eigenvalue weighted by atomic mass is 16.4. The molecule has 0 aliphatic carbocycles. The Bertz CT molecular complexity index is 806. The lowest BCUT2D eigenvalue weighted by atomic mass is 10.1. The highest BCUT2D eigenvalue weighted by molar-refractivity contribution is 5.94. The van der Waals surface area contributed by atoms with Crippen LogP contribution in [0.1, 0.15) is 31.7 Å². The molecule has 0 aromatic heterocycles. The summed E-state index contributed by atoms with van der Waals surface area (Å²) in [6.07, 6.45) is -0.0447. The Balaban J connectivity index is 2.83. The second-order valence-corrected chi connectivity index (χ2v) is 7.95. The monoisotopic (exact) mass is 481 g/mol. The Morgan fingerprint density at radius 1 is 0.941 bits per heavy atom. The fourth-order valence-electron chi connectivity index (χ4n) is 3.11. The van der Waals surface area contributed by atoms with E-state index in [1.54, 1.807) is 24.3 Å². The van der Waals surface area contributed by atoms with E-state index in [-0.39, 0.29) is 12.8 Å². The molecular formula is C22H35N5O7. The molecular weight excluding hydrogens is 446 g/mol. The fraction of sp³-hybridized carbons (Fsp3) is 0.545. The summed E-state index contributed by atoms with van der Waals surface area (Å²) in [4.78, 5) is 49.0. The number of carbonyl (C=O) groups excluding carboxylic acids is 3. The number of hydrogen-bond acceptors (Lipinski definition) is 8. The molecule has 3 amide bonds. The predicted molar refractivity (Wildman–Crippen MR) is 123 cm³/mol. The van der Waals surface area contributed by atoms with E-state index in [1.165, 1.54) is 6.92 Å². The lowest BCUT2D eigenvalue weighted by Gasteiger charge is -2.25. The molecule has 0 aliphatic heterocycles. The predicted octanol–water partition coefficient (Wildman–Crippen LogP) is -2.40. The molecule has 1 aromatic rings. The Kier molecular flexibility index (Phi) is 12.7. The number of aliphatic hydroxyl groups excluding tert-OH is 2. The average Bonchev–Trinajstić information content (AvgIpc) is 2.80. The first-order chi connectivity index (χ1) is 16.1. The van der Waals surface area contributed by atoms with Gasteiger partial charge in [0.15, 0.2) is 6.04 Å². The van der Waals surface area contributed by atoms with E-state index >= 15 is 0 Å². The summed E-state index contributed by atoms with van der Waals surface area (Å²) in [6.45, 7) is 0.803. The van der Waals surface area contributed by atoms with Crippen molar-refractivity contribution >= 4 is 23.7 Å². The zero-order valence-corrected chi connectivity index (χ0v) is 19.1. The molecule has 0 saturated heterocycles. The number of hydrogen-bond donors (Lipinski definition) is 8. The van der Waals surface area contributed by atoms with Gasteiger partial charge in [-0.2, -0.15) is 0 Å². The molecule has 1 rings (SSSR count). The van der Waals surface area contributed by atoms with Gasteiger partial charge in [0.05, 0.1) is 18.8 Å². The van der Waals surface area contributed by atoms with Crippen LogP contribution in [0, 0.1) is 0 Å². The third-order valence-electron chi connectivity index (χ3n) is 5.08. The SMILES string of the molecule is CC(O)C(NC(=O)C(CCCCN)NC(=O)C(CO)NC(=O)C(N)Cc1ccccc1)C(=O)O. The van der Waals surface area contributed by atoms with Gasteiger partial charge in [-0.25, -0.2) is 4.79 Å². The third-order valence-corrected chi connectivity index (χ3v) is 5.08. The molecule has 190 valence electrons. The Morgan fingerprint density at radius 3 is 2.06 bits per heavy atom. The number of amides is 3. The van der Waals surface area contributed by atoms with Gasteiger partial charge in [-0.15, -0.1) is 0 Å². The summed E-state index contributed by atoms with van der Waals surface area (Å²) in [6, 6.07) is 3.90. The number of carboxylic acid groups (broad SMARTS) is 1. The van der Waals surface area contributed by atoms with Crippen LogP contribution in [0.15, 0.2) is 30.3 Å². The van der Waals surface area contributed by atoms with E-state index in [0.29, 0.717) is 19.4 Å². The number of nitrogens with two attached hydrogens (primary N) is 2. The first-order valence-corrected chi connectivity index (χ1v) is 11.0. The molecule has 0 fully saturated rings. The third kappa shape index (κ3) is 9.83. The summed E-state index contributed by atoms with van der Waals surface area (Å²) in [5.74, 6) is -3.78. The number of carboxylic acids is 1. The molecule has 1 aromatic carbocycles. The first kappa shape index (κ1) is 29.0. The van der Waals surface area contributed by atoms with Crippen LogP contribution in [0.3, 0.4) is 0 Å². The molecule has 0 aliphatic rings. The van der Waals surface area contributed by atoms with Crippen molar-refractivity contribution in [2.75, 3.05) is 13.2 Å². The van der Waals surface area contributed by atoms with Gasteiger partial charge in [-0.1, -0.05) is 30.3 Å². The van der Waals surface area contributed by atoms with Crippen LogP contribution in [0.4, 0.5) is 0 Å². The van der Waals surface area contributed by atoms with E-state index in [1.807, 2.05) is 6.07 Å². The Hall–Kier alpha value is -3.06. The molecule has 34 heavy (non-hydrogen) atoms. The minimum Gasteiger partial charge on any atom is -0.480 e. The van der Waals surface area contributed by atoms with E-state index in [9.17, 15) is 34.5 Å². The maximum atomic E-state index is 12.7. The number of aliphatic hydroxyl groups is 2. The van der Waals surface area contributed by atoms with Crippen LogP contribution >= 0.6 is 0 Å². The Labute approximate surface area is 198 Å². The van der Waals surface area contributed by atoms with Gasteiger partial charge >= 0.3 is 5.97 Å². The molecule has 12 nitrogen and oxygen atoms in total. The lowest BCUT2D eigenvalue weighted by Crippen LogP contribution is -2.59. The van der Waals surface area contributed by atoms with Gasteiger partial charge in [-0.3, -0.25) is 14.4 Å². The second kappa shape index (κ2) is 15.0. The minimum atomic E-state index is -1.58. The zero-order chi connectivity index (χ0) is 25.7. The highest BCUT2D eigenvalue weighted by Gasteiger charge is 2.31. The molecule has 0 heterocycles. The van der Waals surface area contributed by atoms with Gasteiger partial charge < -0.3 is 42.7 Å². The van der Waals surface area contributed by atoms with Gasteiger partial charge in [0.25, 0.3) is 0 Å². The summed E-state index contributed by atoms with van der Waals surface area (Å²) < 4.78 is 0. The Morgan fingerprint density at radius 2 is 1.53 bits per heavy atom. The van der Waals surface area contributed by atoms with Crippen molar-refractivity contribution in [2.24, 2.45) is 11.5 Å². The maximum absolute atomic E-state index is 12.7. The quantitative estimate of drug-likeness (QED) is 0.125. The van der Waals surface area contributed by atoms with Crippen molar-refractivity contribution in [3.8, 4) is 0 Å².